The SMILES string of the molecule is O=C(CN1CCCCC1)N/N=C\c1ccc2c3c(cccc13)CC2. The predicted molar refractivity (Wildman–Crippen MR) is 97.4 cm³/mol. The van der Waals surface area contributed by atoms with E-state index < -0.39 is 0 Å². The number of rotatable bonds is 4. The van der Waals surface area contributed by atoms with Crippen LogP contribution in [0.2, 0.25) is 0 Å². The highest BCUT2D eigenvalue weighted by molar-refractivity contribution is 6.03. The molecule has 1 aliphatic heterocycles. The minimum absolute atomic E-state index is 0.0286. The Bertz CT molecular complexity index is 781. The van der Waals surface area contributed by atoms with Gasteiger partial charge < -0.3 is 0 Å². The highest BCUT2D eigenvalue weighted by atomic mass is 16.2. The molecule has 1 fully saturated rings. The van der Waals surface area contributed by atoms with Gasteiger partial charge in [-0.15, -0.1) is 0 Å². The third-order valence-corrected chi connectivity index (χ3v) is 5.12. The molecule has 1 N–H and O–H groups in total. The molecule has 0 atom stereocenters. The molecule has 0 bridgehead atoms. The molecule has 4 heteroatoms. The monoisotopic (exact) mass is 321 g/mol. The summed E-state index contributed by atoms with van der Waals surface area (Å²) in [6, 6.07) is 10.8. The Balaban J connectivity index is 1.45. The number of nitrogens with zero attached hydrogens (tertiary/aromatic N) is 2. The summed E-state index contributed by atoms with van der Waals surface area (Å²) in [4.78, 5) is 14.2. The van der Waals surface area contributed by atoms with Crippen LogP contribution in [-0.4, -0.2) is 36.7 Å². The van der Waals surface area contributed by atoms with Gasteiger partial charge in [0.1, 0.15) is 0 Å². The van der Waals surface area contributed by atoms with Crippen molar-refractivity contribution in [1.29, 1.82) is 0 Å². The van der Waals surface area contributed by atoms with Crippen LogP contribution in [-0.2, 0) is 17.6 Å². The minimum Gasteiger partial charge on any atom is -0.294 e. The van der Waals surface area contributed by atoms with Crippen LogP contribution < -0.4 is 5.43 Å². The maximum atomic E-state index is 12.0. The first-order valence-electron chi connectivity index (χ1n) is 8.89. The highest BCUT2D eigenvalue weighted by Crippen LogP contribution is 2.32. The van der Waals surface area contributed by atoms with E-state index in [0.29, 0.717) is 6.54 Å². The van der Waals surface area contributed by atoms with E-state index in [1.807, 2.05) is 0 Å². The number of hydrogen-bond donors (Lipinski definition) is 1. The summed E-state index contributed by atoms with van der Waals surface area (Å²) in [6.07, 6.45) is 7.69. The molecular weight excluding hydrogens is 298 g/mol. The molecule has 0 saturated carbocycles. The molecule has 0 unspecified atom stereocenters. The van der Waals surface area contributed by atoms with Crippen molar-refractivity contribution in [2.75, 3.05) is 19.6 Å². The maximum absolute atomic E-state index is 12.0. The lowest BCUT2D eigenvalue weighted by Crippen LogP contribution is -2.38. The van der Waals surface area contributed by atoms with Crippen LogP contribution in [0, 0.1) is 0 Å². The van der Waals surface area contributed by atoms with Crippen LogP contribution in [0.15, 0.2) is 35.4 Å². The smallest absolute Gasteiger partial charge is 0.254 e. The Labute approximate surface area is 142 Å². The van der Waals surface area contributed by atoms with Crippen molar-refractivity contribution >= 4 is 22.9 Å². The van der Waals surface area contributed by atoms with E-state index in [2.05, 4.69) is 45.8 Å². The molecule has 1 aliphatic carbocycles. The molecule has 2 aliphatic rings. The third kappa shape index (κ3) is 3.06. The average Bonchev–Trinajstić information content (AvgIpc) is 3.03. The number of carbonyl (C=O) groups excluding carboxylic acids is 1. The van der Waals surface area contributed by atoms with Crippen LogP contribution in [0.1, 0.15) is 36.0 Å². The fourth-order valence-electron chi connectivity index (χ4n) is 3.91. The number of hydrazone groups is 1. The Hall–Kier alpha value is -2.20. The van der Waals surface area contributed by atoms with Crippen LogP contribution in [0.3, 0.4) is 0 Å². The van der Waals surface area contributed by atoms with E-state index in [0.717, 1.165) is 31.5 Å². The van der Waals surface area contributed by atoms with Crippen LogP contribution in [0.5, 0.6) is 0 Å². The van der Waals surface area contributed by atoms with Gasteiger partial charge >= 0.3 is 0 Å². The summed E-state index contributed by atoms with van der Waals surface area (Å²) in [5, 5.41) is 6.79. The first-order chi connectivity index (χ1) is 11.8. The second kappa shape index (κ2) is 6.73. The number of likely N-dealkylation sites (tertiary alicyclic amines) is 1. The lowest BCUT2D eigenvalue weighted by Gasteiger charge is -2.25. The van der Waals surface area contributed by atoms with Gasteiger partial charge in [0.2, 0.25) is 0 Å². The first-order valence-corrected chi connectivity index (χ1v) is 8.89. The zero-order valence-corrected chi connectivity index (χ0v) is 13.9. The van der Waals surface area contributed by atoms with E-state index in [4.69, 9.17) is 0 Å². The Morgan fingerprint density at radius 1 is 1.08 bits per heavy atom. The Kier molecular flexibility index (Phi) is 4.30. The normalized spacial score (nSPS) is 17.7. The van der Waals surface area contributed by atoms with Gasteiger partial charge in [-0.1, -0.05) is 36.8 Å². The van der Waals surface area contributed by atoms with Gasteiger partial charge in [0.05, 0.1) is 12.8 Å². The topological polar surface area (TPSA) is 44.7 Å². The molecule has 2 aromatic rings. The summed E-state index contributed by atoms with van der Waals surface area (Å²) in [5.74, 6) is -0.0286. The summed E-state index contributed by atoms with van der Waals surface area (Å²) < 4.78 is 0. The van der Waals surface area contributed by atoms with Gasteiger partial charge in [0.25, 0.3) is 5.91 Å². The Morgan fingerprint density at radius 3 is 2.71 bits per heavy atom. The molecule has 124 valence electrons. The van der Waals surface area contributed by atoms with E-state index in [-0.39, 0.29) is 5.91 Å². The number of amides is 1. The number of aryl methyl sites for hydroxylation is 2. The van der Waals surface area contributed by atoms with Gasteiger partial charge in [0, 0.05) is 5.56 Å². The fourth-order valence-corrected chi connectivity index (χ4v) is 3.91. The van der Waals surface area contributed by atoms with Crippen molar-refractivity contribution in [2.45, 2.75) is 32.1 Å². The van der Waals surface area contributed by atoms with Gasteiger partial charge in [-0.05, 0) is 60.7 Å². The molecule has 24 heavy (non-hydrogen) atoms. The van der Waals surface area contributed by atoms with Gasteiger partial charge in [-0.3, -0.25) is 9.69 Å². The summed E-state index contributed by atoms with van der Waals surface area (Å²) in [5.41, 5.74) is 6.59. The molecular formula is C20H23N3O. The molecule has 1 amide bonds. The van der Waals surface area contributed by atoms with E-state index in [9.17, 15) is 4.79 Å². The fraction of sp³-hybridized carbons (Fsp3) is 0.400. The Morgan fingerprint density at radius 2 is 1.88 bits per heavy atom. The average molecular weight is 321 g/mol. The molecule has 4 rings (SSSR count). The molecule has 1 saturated heterocycles. The number of hydrogen-bond acceptors (Lipinski definition) is 3. The molecule has 0 radical (unpaired) electrons. The lowest BCUT2D eigenvalue weighted by atomic mass is 10.0. The van der Waals surface area contributed by atoms with Crippen LogP contribution >= 0.6 is 0 Å². The highest BCUT2D eigenvalue weighted by Gasteiger charge is 2.15. The van der Waals surface area contributed by atoms with Crippen LogP contribution in [0.25, 0.3) is 10.8 Å². The van der Waals surface area contributed by atoms with E-state index >= 15 is 0 Å². The summed E-state index contributed by atoms with van der Waals surface area (Å²) in [6.45, 7) is 2.49. The van der Waals surface area contributed by atoms with Crippen molar-refractivity contribution in [3.8, 4) is 0 Å². The van der Waals surface area contributed by atoms with Crippen molar-refractivity contribution < 1.29 is 4.79 Å². The molecule has 0 spiro atoms. The number of carbonyl (C=O) groups is 1. The number of benzene rings is 2. The summed E-state index contributed by atoms with van der Waals surface area (Å²) >= 11 is 0. The van der Waals surface area contributed by atoms with Gasteiger partial charge in [-0.2, -0.15) is 5.10 Å². The maximum Gasteiger partial charge on any atom is 0.254 e. The lowest BCUT2D eigenvalue weighted by molar-refractivity contribution is -0.122. The number of piperidine rings is 1. The third-order valence-electron chi connectivity index (χ3n) is 5.12. The number of nitrogens with one attached hydrogen (secondary N) is 1. The zero-order chi connectivity index (χ0) is 16.4. The summed E-state index contributed by atoms with van der Waals surface area (Å²) in [7, 11) is 0. The largest absolute Gasteiger partial charge is 0.294 e. The molecule has 1 heterocycles. The minimum atomic E-state index is -0.0286. The molecule has 4 nitrogen and oxygen atoms in total. The quantitative estimate of drug-likeness (QED) is 0.695. The molecule has 2 aromatic carbocycles. The first kappa shape index (κ1) is 15.3. The van der Waals surface area contributed by atoms with Gasteiger partial charge in [0.15, 0.2) is 0 Å². The van der Waals surface area contributed by atoms with E-state index in [1.165, 1.54) is 41.2 Å². The van der Waals surface area contributed by atoms with E-state index in [1.54, 1.807) is 6.21 Å². The zero-order valence-electron chi connectivity index (χ0n) is 13.9. The van der Waals surface area contributed by atoms with Crippen molar-refractivity contribution in [3.05, 3.63) is 47.0 Å². The predicted octanol–water partition coefficient (Wildman–Crippen LogP) is 2.87. The van der Waals surface area contributed by atoms with Crippen molar-refractivity contribution in [3.63, 3.8) is 0 Å². The van der Waals surface area contributed by atoms with Crippen molar-refractivity contribution in [2.24, 2.45) is 5.10 Å². The van der Waals surface area contributed by atoms with Crippen molar-refractivity contribution in [1.82, 2.24) is 10.3 Å². The molecule has 0 aromatic heterocycles. The second-order valence-electron chi connectivity index (χ2n) is 6.78. The van der Waals surface area contributed by atoms with Crippen LogP contribution in [0.4, 0.5) is 0 Å². The van der Waals surface area contributed by atoms with Gasteiger partial charge in [-0.25, -0.2) is 5.43 Å². The standard InChI is InChI=1S/C20H23N3O/c24-19(14-23-11-2-1-3-12-23)22-21-13-17-10-9-16-8-7-15-5-4-6-18(17)20(15)16/h4-6,9-10,13H,1-3,7-8,11-12,14H2,(H,22,24)/b21-13-. The second-order valence-corrected chi connectivity index (χ2v) is 6.78.